The van der Waals surface area contributed by atoms with Crippen molar-refractivity contribution < 1.29 is 19.7 Å². The highest BCUT2D eigenvalue weighted by molar-refractivity contribution is 7.94. The second kappa shape index (κ2) is 8.82. The minimum absolute atomic E-state index is 0.0281. The maximum atomic E-state index is 8.80. The van der Waals surface area contributed by atoms with Crippen LogP contribution >= 0.6 is 23.6 Å². The number of anilines is 3. The van der Waals surface area contributed by atoms with Crippen molar-refractivity contribution in [2.45, 2.75) is 11.8 Å². The van der Waals surface area contributed by atoms with Crippen LogP contribution in [0.3, 0.4) is 0 Å². The van der Waals surface area contributed by atoms with E-state index in [2.05, 4.69) is 35.0 Å². The number of hydrogen-bond donors (Lipinski definition) is 4. The number of benzene rings is 1. The van der Waals surface area contributed by atoms with Crippen molar-refractivity contribution in [3.63, 3.8) is 0 Å². The molecule has 0 aliphatic rings. The average Bonchev–Trinajstić information content (AvgIpc) is 2.51. The van der Waals surface area contributed by atoms with Gasteiger partial charge in [0.25, 0.3) is 0 Å². The fourth-order valence-corrected chi connectivity index (χ4v) is 2.23. The Morgan fingerprint density at radius 2 is 2.04 bits per heavy atom. The van der Waals surface area contributed by atoms with E-state index < -0.39 is 0 Å². The van der Waals surface area contributed by atoms with Gasteiger partial charge in [-0.15, -0.1) is 4.33 Å². The van der Waals surface area contributed by atoms with E-state index in [0.717, 1.165) is 28.2 Å². The van der Waals surface area contributed by atoms with Crippen molar-refractivity contribution in [2.75, 3.05) is 23.8 Å². The first-order valence-electron chi connectivity index (χ1n) is 6.41. The van der Waals surface area contributed by atoms with E-state index in [1.807, 2.05) is 13.0 Å². The molecule has 0 aliphatic heterocycles. The summed E-state index contributed by atoms with van der Waals surface area (Å²) in [6, 6.07) is 5.38. The SMILES string of the molecule is Cc1cc(Nc2nc(Cl)nc(NCCO)n2)ccc1SOOO. The molecule has 0 aliphatic carbocycles. The predicted molar refractivity (Wildman–Crippen MR) is 85.5 cm³/mol. The monoisotopic (exact) mass is 359 g/mol. The maximum absolute atomic E-state index is 8.80. The van der Waals surface area contributed by atoms with Crippen LogP contribution in [-0.4, -0.2) is 38.5 Å². The van der Waals surface area contributed by atoms with Crippen LogP contribution in [0.1, 0.15) is 5.56 Å². The van der Waals surface area contributed by atoms with Crippen molar-refractivity contribution in [1.29, 1.82) is 0 Å². The Morgan fingerprint density at radius 3 is 2.74 bits per heavy atom. The Hall–Kier alpha value is -1.69. The van der Waals surface area contributed by atoms with Gasteiger partial charge in [0.15, 0.2) is 0 Å². The van der Waals surface area contributed by atoms with Crippen LogP contribution in [0.15, 0.2) is 23.1 Å². The molecule has 0 saturated heterocycles. The normalized spacial score (nSPS) is 10.6. The van der Waals surface area contributed by atoms with Crippen LogP contribution in [0.4, 0.5) is 17.6 Å². The lowest BCUT2D eigenvalue weighted by Gasteiger charge is -2.09. The number of nitrogens with one attached hydrogen (secondary N) is 2. The Balaban J connectivity index is 2.12. The van der Waals surface area contributed by atoms with Gasteiger partial charge in [0.1, 0.15) is 0 Å². The first-order chi connectivity index (χ1) is 11.1. The van der Waals surface area contributed by atoms with E-state index >= 15 is 0 Å². The molecule has 2 aromatic rings. The zero-order valence-corrected chi connectivity index (χ0v) is 13.6. The molecule has 2 rings (SSSR count). The second-order valence-electron chi connectivity index (χ2n) is 4.23. The molecule has 124 valence electrons. The standard InChI is InChI=1S/C12H14ClN5O4S/c1-7-6-8(2-3-9(7)23-22-21-20)15-12-17-10(13)16-11(18-12)14-4-5-19/h2-3,6,19-20H,4-5H2,1H3,(H2,14,15,16,17,18). The highest BCUT2D eigenvalue weighted by Gasteiger charge is 2.07. The van der Waals surface area contributed by atoms with E-state index in [0.29, 0.717) is 6.54 Å². The molecule has 0 atom stereocenters. The van der Waals surface area contributed by atoms with E-state index in [4.69, 9.17) is 22.0 Å². The largest absolute Gasteiger partial charge is 0.395 e. The zero-order chi connectivity index (χ0) is 16.7. The fourth-order valence-electron chi connectivity index (χ4n) is 1.65. The minimum atomic E-state index is -0.0516. The van der Waals surface area contributed by atoms with Crippen LogP contribution in [-0.2, 0) is 9.37 Å². The number of aliphatic hydroxyl groups is 1. The van der Waals surface area contributed by atoms with E-state index in [-0.39, 0.29) is 23.8 Å². The molecule has 0 unspecified atom stereocenters. The van der Waals surface area contributed by atoms with Crippen molar-refractivity contribution in [2.24, 2.45) is 0 Å². The van der Waals surface area contributed by atoms with E-state index in [1.165, 1.54) is 0 Å². The van der Waals surface area contributed by atoms with Gasteiger partial charge >= 0.3 is 0 Å². The number of rotatable bonds is 8. The maximum Gasteiger partial charge on any atom is 0.233 e. The minimum Gasteiger partial charge on any atom is -0.395 e. The third kappa shape index (κ3) is 5.46. The summed E-state index contributed by atoms with van der Waals surface area (Å²) in [5, 5.41) is 26.4. The lowest BCUT2D eigenvalue weighted by atomic mass is 10.2. The highest BCUT2D eigenvalue weighted by Crippen LogP contribution is 2.27. The summed E-state index contributed by atoms with van der Waals surface area (Å²) >= 11 is 6.73. The summed E-state index contributed by atoms with van der Waals surface area (Å²) in [7, 11) is 0. The highest BCUT2D eigenvalue weighted by atomic mass is 35.5. The first-order valence-corrected chi connectivity index (χ1v) is 7.53. The summed E-state index contributed by atoms with van der Waals surface area (Å²) < 4.78 is 4.40. The molecule has 4 N–H and O–H groups in total. The van der Waals surface area contributed by atoms with Gasteiger partial charge in [-0.2, -0.15) is 15.0 Å². The van der Waals surface area contributed by atoms with Crippen LogP contribution in [0, 0.1) is 6.92 Å². The number of aromatic nitrogens is 3. The van der Waals surface area contributed by atoms with E-state index in [1.54, 1.807) is 12.1 Å². The summed E-state index contributed by atoms with van der Waals surface area (Å²) in [6.07, 6.45) is 0. The van der Waals surface area contributed by atoms with Crippen LogP contribution in [0.5, 0.6) is 0 Å². The molecule has 0 spiro atoms. The van der Waals surface area contributed by atoms with Crippen molar-refractivity contribution in [3.8, 4) is 0 Å². The number of halogens is 1. The Morgan fingerprint density at radius 1 is 1.26 bits per heavy atom. The van der Waals surface area contributed by atoms with Gasteiger partial charge in [-0.3, -0.25) is 0 Å². The molecule has 0 amide bonds. The molecule has 0 fully saturated rings. The lowest BCUT2D eigenvalue weighted by molar-refractivity contribution is -0.432. The number of nitrogens with zero attached hydrogens (tertiary/aromatic N) is 3. The third-order valence-electron chi connectivity index (χ3n) is 2.59. The molecule has 1 heterocycles. The molecule has 23 heavy (non-hydrogen) atoms. The van der Waals surface area contributed by atoms with Gasteiger partial charge in [0.05, 0.1) is 18.6 Å². The Labute approximate surface area is 141 Å². The molecule has 0 bridgehead atoms. The lowest BCUT2D eigenvalue weighted by Crippen LogP contribution is -2.10. The van der Waals surface area contributed by atoms with Gasteiger partial charge in [-0.1, -0.05) is 5.04 Å². The first kappa shape index (κ1) is 17.7. The quantitative estimate of drug-likeness (QED) is 0.317. The topological polar surface area (TPSA) is 122 Å². The smallest absolute Gasteiger partial charge is 0.233 e. The van der Waals surface area contributed by atoms with Gasteiger partial charge < -0.3 is 15.7 Å². The molecular weight excluding hydrogens is 346 g/mol. The van der Waals surface area contributed by atoms with Crippen LogP contribution < -0.4 is 10.6 Å². The molecule has 0 saturated carbocycles. The van der Waals surface area contributed by atoms with Crippen molar-refractivity contribution in [3.05, 3.63) is 29.0 Å². The summed E-state index contributed by atoms with van der Waals surface area (Å²) in [5.74, 6) is 0.527. The number of hydrogen-bond acceptors (Lipinski definition) is 10. The number of aliphatic hydroxyl groups excluding tert-OH is 1. The Kier molecular flexibility index (Phi) is 6.77. The third-order valence-corrected chi connectivity index (χ3v) is 3.52. The van der Waals surface area contributed by atoms with Crippen LogP contribution in [0.25, 0.3) is 0 Å². The average molecular weight is 360 g/mol. The Bertz CT molecular complexity index is 663. The van der Waals surface area contributed by atoms with Gasteiger partial charge in [0.2, 0.25) is 17.2 Å². The second-order valence-corrected chi connectivity index (χ2v) is 5.31. The van der Waals surface area contributed by atoms with Crippen molar-refractivity contribution in [1.82, 2.24) is 15.0 Å². The molecule has 1 aromatic carbocycles. The molecule has 9 nitrogen and oxygen atoms in total. The van der Waals surface area contributed by atoms with Gasteiger partial charge in [0, 0.05) is 17.1 Å². The van der Waals surface area contributed by atoms with Gasteiger partial charge in [-0.05, 0) is 42.3 Å². The fraction of sp³-hybridized carbons (Fsp3) is 0.250. The summed E-state index contributed by atoms with van der Waals surface area (Å²) in [6.45, 7) is 2.12. The molecule has 0 radical (unpaired) electrons. The summed E-state index contributed by atoms with van der Waals surface area (Å²) in [4.78, 5) is 12.8. The molecular formula is C12H14ClN5O4S. The van der Waals surface area contributed by atoms with Crippen molar-refractivity contribution >= 4 is 41.2 Å². The summed E-state index contributed by atoms with van der Waals surface area (Å²) in [5.41, 5.74) is 1.61. The van der Waals surface area contributed by atoms with Crippen LogP contribution in [0.2, 0.25) is 5.28 Å². The molecule has 11 heteroatoms. The molecule has 1 aromatic heterocycles. The predicted octanol–water partition coefficient (Wildman–Crippen LogP) is 2.41. The number of aryl methyl sites for hydroxylation is 1. The zero-order valence-electron chi connectivity index (χ0n) is 12.0. The van der Waals surface area contributed by atoms with Gasteiger partial charge in [-0.25, -0.2) is 5.26 Å². The van der Waals surface area contributed by atoms with E-state index in [9.17, 15) is 0 Å².